The first-order valence-electron chi connectivity index (χ1n) is 9.08. The van der Waals surface area contributed by atoms with E-state index >= 15 is 0 Å². The Balaban J connectivity index is 1.39. The van der Waals surface area contributed by atoms with E-state index in [2.05, 4.69) is 10.3 Å². The van der Waals surface area contributed by atoms with Crippen LogP contribution in [-0.4, -0.2) is 29.6 Å². The van der Waals surface area contributed by atoms with E-state index in [-0.39, 0.29) is 29.8 Å². The van der Waals surface area contributed by atoms with Crippen LogP contribution in [0.4, 0.5) is 5.82 Å². The molecule has 138 valence electrons. The van der Waals surface area contributed by atoms with E-state index in [1.165, 1.54) is 0 Å². The number of hydrogen-bond donors (Lipinski definition) is 1. The molecule has 1 saturated carbocycles. The van der Waals surface area contributed by atoms with Gasteiger partial charge in [-0.2, -0.15) is 0 Å². The van der Waals surface area contributed by atoms with Gasteiger partial charge in [0.15, 0.2) is 0 Å². The molecule has 3 aliphatic rings. The predicted octanol–water partition coefficient (Wildman–Crippen LogP) is 2.80. The molecule has 1 fully saturated rings. The maximum absolute atomic E-state index is 12.0. The minimum absolute atomic E-state index is 0.0354. The van der Waals surface area contributed by atoms with Crippen LogP contribution in [0.2, 0.25) is 0 Å². The molecule has 1 N–H and O–H groups in total. The molecule has 0 spiro atoms. The van der Waals surface area contributed by atoms with Crippen LogP contribution in [0.3, 0.4) is 0 Å². The quantitative estimate of drug-likeness (QED) is 0.838. The van der Waals surface area contributed by atoms with Crippen molar-refractivity contribution < 1.29 is 23.8 Å². The lowest BCUT2D eigenvalue weighted by Gasteiger charge is -2.19. The van der Waals surface area contributed by atoms with Gasteiger partial charge in [-0.15, -0.1) is 0 Å². The molecule has 0 bridgehead atoms. The fraction of sp³-hybridized carbons (Fsp3) is 0.350. The molecule has 1 aromatic heterocycles. The van der Waals surface area contributed by atoms with E-state index in [1.54, 1.807) is 19.2 Å². The van der Waals surface area contributed by atoms with Crippen LogP contribution in [0, 0.1) is 5.92 Å². The molecule has 5 rings (SSSR count). The Morgan fingerprint density at radius 3 is 3.07 bits per heavy atom. The van der Waals surface area contributed by atoms with Gasteiger partial charge in [-0.25, -0.2) is 4.98 Å². The van der Waals surface area contributed by atoms with E-state index in [0.717, 1.165) is 16.9 Å². The number of benzene rings is 1. The number of esters is 1. The van der Waals surface area contributed by atoms with Gasteiger partial charge in [0.1, 0.15) is 35.1 Å². The second-order valence-electron chi connectivity index (χ2n) is 6.87. The highest BCUT2D eigenvalue weighted by molar-refractivity contribution is 5.93. The molecular formula is C20H18N2O5. The summed E-state index contributed by atoms with van der Waals surface area (Å²) < 4.78 is 17.1. The van der Waals surface area contributed by atoms with Crippen LogP contribution >= 0.6 is 0 Å². The molecule has 7 heteroatoms. The van der Waals surface area contributed by atoms with Crippen molar-refractivity contribution in [2.24, 2.45) is 5.92 Å². The highest BCUT2D eigenvalue weighted by Crippen LogP contribution is 2.59. The van der Waals surface area contributed by atoms with Crippen molar-refractivity contribution in [2.75, 3.05) is 11.9 Å². The number of fused-ring (bicyclic) bond motifs is 4. The summed E-state index contributed by atoms with van der Waals surface area (Å²) in [6, 6.07) is 7.43. The van der Waals surface area contributed by atoms with Gasteiger partial charge in [0.05, 0.1) is 6.61 Å². The Hall–Kier alpha value is -3.09. The molecule has 3 heterocycles. The summed E-state index contributed by atoms with van der Waals surface area (Å²) in [5.41, 5.74) is 1.87. The van der Waals surface area contributed by atoms with Crippen LogP contribution in [0.1, 0.15) is 30.4 Å². The van der Waals surface area contributed by atoms with E-state index in [4.69, 9.17) is 14.2 Å². The lowest BCUT2D eigenvalue weighted by molar-refractivity contribution is -0.145. The normalized spacial score (nSPS) is 24.0. The molecule has 0 radical (unpaired) electrons. The van der Waals surface area contributed by atoms with Gasteiger partial charge >= 0.3 is 5.97 Å². The molecule has 1 aromatic carbocycles. The minimum Gasteiger partial charge on any atom is -0.489 e. The number of rotatable bonds is 4. The Bertz CT molecular complexity index is 957. The van der Waals surface area contributed by atoms with Gasteiger partial charge in [-0.05, 0) is 37.6 Å². The number of pyridine rings is 1. The average Bonchev–Trinajstić information content (AvgIpc) is 3.25. The van der Waals surface area contributed by atoms with Crippen molar-refractivity contribution in [3.8, 4) is 17.2 Å². The SMILES string of the molecule is CCOC(=O)[C@H]1C2Oc3ccc(Oc4ccnc5c4CCC(=O)N5)cc3C21. The van der Waals surface area contributed by atoms with Crippen molar-refractivity contribution in [1.29, 1.82) is 0 Å². The first-order chi connectivity index (χ1) is 13.2. The van der Waals surface area contributed by atoms with Crippen LogP contribution in [-0.2, 0) is 20.7 Å². The van der Waals surface area contributed by atoms with Gasteiger partial charge < -0.3 is 19.5 Å². The van der Waals surface area contributed by atoms with Gasteiger partial charge in [0.2, 0.25) is 5.91 Å². The highest BCUT2D eigenvalue weighted by Gasteiger charge is 2.63. The fourth-order valence-corrected chi connectivity index (χ4v) is 3.90. The zero-order valence-electron chi connectivity index (χ0n) is 14.7. The van der Waals surface area contributed by atoms with Crippen molar-refractivity contribution in [2.45, 2.75) is 31.8 Å². The topological polar surface area (TPSA) is 86.8 Å². The van der Waals surface area contributed by atoms with Gasteiger partial charge in [0.25, 0.3) is 0 Å². The number of carbonyl (C=O) groups excluding carboxylic acids is 2. The number of amides is 1. The molecule has 2 aromatic rings. The molecule has 2 unspecified atom stereocenters. The summed E-state index contributed by atoms with van der Waals surface area (Å²) in [5.74, 6) is 2.26. The number of nitrogens with one attached hydrogen (secondary N) is 1. The number of anilines is 1. The zero-order valence-corrected chi connectivity index (χ0v) is 14.7. The van der Waals surface area contributed by atoms with Crippen molar-refractivity contribution in [3.05, 3.63) is 41.6 Å². The van der Waals surface area contributed by atoms with Crippen molar-refractivity contribution in [1.82, 2.24) is 4.98 Å². The standard InChI is InChI=1S/C20H18N2O5/c1-2-25-20(24)17-16-12-9-10(3-5-13(12)27-18(16)17)26-14-7-8-21-19-11(14)4-6-15(23)22-19/h3,5,7-9,16-18H,2,4,6H2,1H3,(H,21,22,23)/t16?,17-,18?/m1/s1. The average molecular weight is 366 g/mol. The Labute approximate surface area is 155 Å². The third kappa shape index (κ3) is 2.61. The Kier molecular flexibility index (Phi) is 3.56. The summed E-state index contributed by atoms with van der Waals surface area (Å²) >= 11 is 0. The molecule has 0 saturated heterocycles. The molecule has 2 aliphatic heterocycles. The lowest BCUT2D eigenvalue weighted by atomic mass is 10.1. The second kappa shape index (κ2) is 5.97. The largest absolute Gasteiger partial charge is 0.489 e. The summed E-state index contributed by atoms with van der Waals surface area (Å²) in [6.45, 7) is 2.17. The second-order valence-corrected chi connectivity index (χ2v) is 6.87. The monoisotopic (exact) mass is 366 g/mol. The summed E-state index contributed by atoms with van der Waals surface area (Å²) in [7, 11) is 0. The molecule has 27 heavy (non-hydrogen) atoms. The number of aromatic nitrogens is 1. The van der Waals surface area contributed by atoms with Crippen molar-refractivity contribution in [3.63, 3.8) is 0 Å². The van der Waals surface area contributed by atoms with Crippen LogP contribution in [0.15, 0.2) is 30.5 Å². The predicted molar refractivity (Wildman–Crippen MR) is 95.0 cm³/mol. The number of nitrogens with zero attached hydrogens (tertiary/aromatic N) is 1. The number of ether oxygens (including phenoxy) is 3. The molecule has 1 aliphatic carbocycles. The Morgan fingerprint density at radius 2 is 2.22 bits per heavy atom. The summed E-state index contributed by atoms with van der Waals surface area (Å²) in [4.78, 5) is 27.8. The third-order valence-corrected chi connectivity index (χ3v) is 5.22. The van der Waals surface area contributed by atoms with Crippen LogP contribution in [0.25, 0.3) is 0 Å². The minimum atomic E-state index is -0.225. The summed E-state index contributed by atoms with van der Waals surface area (Å²) in [5, 5.41) is 2.77. The van der Waals surface area contributed by atoms with Gasteiger partial charge in [-0.1, -0.05) is 0 Å². The maximum atomic E-state index is 12.0. The smallest absolute Gasteiger partial charge is 0.313 e. The zero-order chi connectivity index (χ0) is 18.5. The van der Waals surface area contributed by atoms with Crippen molar-refractivity contribution >= 4 is 17.7 Å². The van der Waals surface area contributed by atoms with E-state index in [9.17, 15) is 9.59 Å². The van der Waals surface area contributed by atoms with Crippen LogP contribution < -0.4 is 14.8 Å². The van der Waals surface area contributed by atoms with Gasteiger partial charge in [-0.3, -0.25) is 9.59 Å². The van der Waals surface area contributed by atoms with E-state index in [0.29, 0.717) is 36.8 Å². The van der Waals surface area contributed by atoms with Crippen LogP contribution in [0.5, 0.6) is 17.2 Å². The molecule has 3 atom stereocenters. The Morgan fingerprint density at radius 1 is 1.33 bits per heavy atom. The number of hydrogen-bond acceptors (Lipinski definition) is 6. The van der Waals surface area contributed by atoms with Gasteiger partial charge in [0, 0.05) is 29.7 Å². The third-order valence-electron chi connectivity index (χ3n) is 5.22. The first-order valence-corrected chi connectivity index (χ1v) is 9.08. The highest BCUT2D eigenvalue weighted by atomic mass is 16.5. The summed E-state index contributed by atoms with van der Waals surface area (Å²) in [6.07, 6.45) is 2.49. The van der Waals surface area contributed by atoms with E-state index in [1.807, 2.05) is 18.2 Å². The number of carbonyl (C=O) groups is 2. The lowest BCUT2D eigenvalue weighted by Crippen LogP contribution is -2.20. The van der Waals surface area contributed by atoms with E-state index < -0.39 is 0 Å². The molecular weight excluding hydrogens is 348 g/mol. The fourth-order valence-electron chi connectivity index (χ4n) is 3.90. The molecule has 1 amide bonds. The first kappa shape index (κ1) is 16.1. The maximum Gasteiger partial charge on any atom is 0.313 e. The molecule has 7 nitrogen and oxygen atoms in total.